The standard InChI is InChI=1S/C19H14BrFN2S/c20-14-5-9-16(10-6-14)23-18(19-2-1-11-24-19)12-17(22-23)13-3-7-15(21)8-4-13/h1-11,18H,12H2/t18-/m0/s1. The van der Waals surface area contributed by atoms with Gasteiger partial charge in [-0.25, -0.2) is 4.39 Å². The van der Waals surface area contributed by atoms with Gasteiger partial charge in [-0.15, -0.1) is 11.3 Å². The molecule has 2 nitrogen and oxygen atoms in total. The van der Waals surface area contributed by atoms with E-state index in [1.54, 1.807) is 23.5 Å². The minimum atomic E-state index is -0.225. The van der Waals surface area contributed by atoms with Crippen LogP contribution in [-0.2, 0) is 0 Å². The number of rotatable bonds is 3. The van der Waals surface area contributed by atoms with Gasteiger partial charge in [0, 0.05) is 15.8 Å². The lowest BCUT2D eigenvalue weighted by atomic mass is 10.0. The fourth-order valence-corrected chi connectivity index (χ4v) is 3.94. The third-order valence-electron chi connectivity index (χ3n) is 4.05. The molecule has 3 aromatic rings. The Morgan fingerprint density at radius 1 is 1.04 bits per heavy atom. The molecule has 0 bridgehead atoms. The fourth-order valence-electron chi connectivity index (χ4n) is 2.86. The number of hydrazone groups is 1. The van der Waals surface area contributed by atoms with Gasteiger partial charge in [0.1, 0.15) is 5.82 Å². The van der Waals surface area contributed by atoms with Gasteiger partial charge in [0.05, 0.1) is 17.4 Å². The summed E-state index contributed by atoms with van der Waals surface area (Å²) in [5.41, 5.74) is 3.00. The zero-order valence-electron chi connectivity index (χ0n) is 12.7. The summed E-state index contributed by atoms with van der Waals surface area (Å²) in [5, 5.41) is 9.00. The van der Waals surface area contributed by atoms with Crippen molar-refractivity contribution in [1.82, 2.24) is 0 Å². The Balaban J connectivity index is 1.73. The van der Waals surface area contributed by atoms with E-state index in [2.05, 4.69) is 50.6 Å². The predicted molar refractivity (Wildman–Crippen MR) is 101 cm³/mol. The second-order valence-corrected chi connectivity index (χ2v) is 7.50. The summed E-state index contributed by atoms with van der Waals surface area (Å²) >= 11 is 5.21. The Kier molecular flexibility index (Phi) is 4.21. The van der Waals surface area contributed by atoms with Gasteiger partial charge in [0.15, 0.2) is 0 Å². The highest BCUT2D eigenvalue weighted by atomic mass is 79.9. The van der Waals surface area contributed by atoms with E-state index in [0.717, 1.165) is 27.9 Å². The zero-order chi connectivity index (χ0) is 16.5. The van der Waals surface area contributed by atoms with E-state index < -0.39 is 0 Å². The summed E-state index contributed by atoms with van der Waals surface area (Å²) in [6, 6.07) is 19.1. The first kappa shape index (κ1) is 15.5. The van der Waals surface area contributed by atoms with Gasteiger partial charge in [0.2, 0.25) is 0 Å². The van der Waals surface area contributed by atoms with E-state index in [1.807, 2.05) is 12.1 Å². The average Bonchev–Trinajstić information content (AvgIpc) is 3.25. The minimum absolute atomic E-state index is 0.172. The van der Waals surface area contributed by atoms with Crippen LogP contribution in [-0.4, -0.2) is 5.71 Å². The van der Waals surface area contributed by atoms with Crippen molar-refractivity contribution in [1.29, 1.82) is 0 Å². The summed E-state index contributed by atoms with van der Waals surface area (Å²) in [6.45, 7) is 0. The van der Waals surface area contributed by atoms with Gasteiger partial charge in [-0.3, -0.25) is 5.01 Å². The summed E-state index contributed by atoms with van der Waals surface area (Å²) in [6.07, 6.45) is 0.808. The van der Waals surface area contributed by atoms with Gasteiger partial charge in [0.25, 0.3) is 0 Å². The Morgan fingerprint density at radius 3 is 2.46 bits per heavy atom. The quantitative estimate of drug-likeness (QED) is 0.525. The normalized spacial score (nSPS) is 17.2. The van der Waals surface area contributed by atoms with Crippen LogP contribution in [0.3, 0.4) is 0 Å². The molecule has 0 aliphatic carbocycles. The summed E-state index contributed by atoms with van der Waals surface area (Å²) in [5.74, 6) is -0.225. The smallest absolute Gasteiger partial charge is 0.123 e. The highest BCUT2D eigenvalue weighted by Crippen LogP contribution is 2.38. The van der Waals surface area contributed by atoms with E-state index in [1.165, 1.54) is 17.0 Å². The van der Waals surface area contributed by atoms with Crippen molar-refractivity contribution in [2.45, 2.75) is 12.5 Å². The second kappa shape index (κ2) is 6.49. The number of benzene rings is 2. The van der Waals surface area contributed by atoms with E-state index in [9.17, 15) is 4.39 Å². The molecule has 0 amide bonds. The molecule has 120 valence electrons. The topological polar surface area (TPSA) is 15.6 Å². The van der Waals surface area contributed by atoms with Crippen molar-refractivity contribution in [3.05, 3.63) is 86.8 Å². The first-order valence-electron chi connectivity index (χ1n) is 7.62. The van der Waals surface area contributed by atoms with Gasteiger partial charge in [-0.2, -0.15) is 5.10 Å². The molecule has 1 atom stereocenters. The van der Waals surface area contributed by atoms with E-state index >= 15 is 0 Å². The predicted octanol–water partition coefficient (Wildman–Crippen LogP) is 6.01. The third kappa shape index (κ3) is 3.01. The molecule has 0 saturated carbocycles. The number of hydrogen-bond acceptors (Lipinski definition) is 3. The van der Waals surface area contributed by atoms with Gasteiger partial charge in [-0.05, 0) is 53.4 Å². The van der Waals surface area contributed by atoms with Crippen molar-refractivity contribution >= 4 is 38.7 Å². The van der Waals surface area contributed by atoms with Crippen LogP contribution < -0.4 is 5.01 Å². The Morgan fingerprint density at radius 2 is 1.79 bits per heavy atom. The number of nitrogens with zero attached hydrogens (tertiary/aromatic N) is 2. The molecule has 2 aromatic carbocycles. The van der Waals surface area contributed by atoms with Crippen molar-refractivity contribution in [2.75, 3.05) is 5.01 Å². The van der Waals surface area contributed by atoms with Crippen LogP contribution in [0.4, 0.5) is 10.1 Å². The SMILES string of the molecule is Fc1ccc(C2=NN(c3ccc(Br)cc3)[C@H](c3cccs3)C2)cc1. The molecule has 0 spiro atoms. The van der Waals surface area contributed by atoms with Crippen LogP contribution in [0.25, 0.3) is 0 Å². The number of thiophene rings is 1. The van der Waals surface area contributed by atoms with Crippen molar-refractivity contribution in [2.24, 2.45) is 5.10 Å². The monoisotopic (exact) mass is 400 g/mol. The van der Waals surface area contributed by atoms with Gasteiger partial charge in [-0.1, -0.05) is 34.1 Å². The molecule has 1 aromatic heterocycles. The number of halogens is 2. The molecular weight excluding hydrogens is 387 g/mol. The first-order valence-corrected chi connectivity index (χ1v) is 9.29. The zero-order valence-corrected chi connectivity index (χ0v) is 15.1. The highest BCUT2D eigenvalue weighted by Gasteiger charge is 2.30. The van der Waals surface area contributed by atoms with Crippen molar-refractivity contribution in [3.8, 4) is 0 Å². The van der Waals surface area contributed by atoms with Crippen LogP contribution in [0.5, 0.6) is 0 Å². The molecule has 0 unspecified atom stereocenters. The maximum atomic E-state index is 13.2. The maximum absolute atomic E-state index is 13.2. The maximum Gasteiger partial charge on any atom is 0.123 e. The summed E-state index contributed by atoms with van der Waals surface area (Å²) in [7, 11) is 0. The molecule has 0 N–H and O–H groups in total. The van der Waals surface area contributed by atoms with E-state index in [-0.39, 0.29) is 11.9 Å². The lowest BCUT2D eigenvalue weighted by Gasteiger charge is -2.22. The first-order chi connectivity index (χ1) is 11.7. The molecule has 1 aliphatic heterocycles. The molecule has 2 heterocycles. The van der Waals surface area contributed by atoms with Crippen LogP contribution in [0.1, 0.15) is 22.9 Å². The lowest BCUT2D eigenvalue weighted by molar-refractivity contribution is 0.627. The Bertz CT molecular complexity index is 857. The van der Waals surface area contributed by atoms with E-state index in [0.29, 0.717) is 0 Å². The molecule has 0 fully saturated rings. The average molecular weight is 401 g/mol. The number of anilines is 1. The minimum Gasteiger partial charge on any atom is -0.257 e. The summed E-state index contributed by atoms with van der Waals surface area (Å²) in [4.78, 5) is 1.28. The van der Waals surface area contributed by atoms with Crippen molar-refractivity contribution in [3.63, 3.8) is 0 Å². The molecule has 4 rings (SSSR count). The van der Waals surface area contributed by atoms with Crippen molar-refractivity contribution < 1.29 is 4.39 Å². The van der Waals surface area contributed by atoms with Crippen LogP contribution in [0.15, 0.2) is 75.6 Å². The molecule has 24 heavy (non-hydrogen) atoms. The van der Waals surface area contributed by atoms with Gasteiger partial charge >= 0.3 is 0 Å². The Labute approximate surface area is 152 Å². The second-order valence-electron chi connectivity index (χ2n) is 5.61. The van der Waals surface area contributed by atoms with Crippen LogP contribution >= 0.6 is 27.3 Å². The molecule has 1 aliphatic rings. The van der Waals surface area contributed by atoms with Gasteiger partial charge < -0.3 is 0 Å². The Hall–Kier alpha value is -1.98. The number of hydrogen-bond donors (Lipinski definition) is 0. The highest BCUT2D eigenvalue weighted by molar-refractivity contribution is 9.10. The largest absolute Gasteiger partial charge is 0.257 e. The molecule has 5 heteroatoms. The molecule has 0 saturated heterocycles. The summed E-state index contributed by atoms with van der Waals surface area (Å²) < 4.78 is 14.2. The van der Waals surface area contributed by atoms with Crippen LogP contribution in [0, 0.1) is 5.82 Å². The lowest BCUT2D eigenvalue weighted by Crippen LogP contribution is -2.17. The van der Waals surface area contributed by atoms with E-state index in [4.69, 9.17) is 5.10 Å². The molecular formula is C19H14BrFN2S. The third-order valence-corrected chi connectivity index (χ3v) is 5.55. The van der Waals surface area contributed by atoms with Crippen LogP contribution in [0.2, 0.25) is 0 Å². The molecule has 0 radical (unpaired) electrons. The fraction of sp³-hybridized carbons (Fsp3) is 0.105.